The summed E-state index contributed by atoms with van der Waals surface area (Å²) >= 11 is 0. The predicted octanol–water partition coefficient (Wildman–Crippen LogP) is 3.22. The van der Waals surface area contributed by atoms with Crippen molar-refractivity contribution in [1.29, 1.82) is 0 Å². The van der Waals surface area contributed by atoms with Crippen LogP contribution in [-0.4, -0.2) is 22.9 Å². The molecule has 0 amide bonds. The average molecular weight is 260 g/mol. The molecular formula is C15H20N2O2. The summed E-state index contributed by atoms with van der Waals surface area (Å²) in [4.78, 5) is 7.93. The molecule has 0 spiro atoms. The Hall–Kier alpha value is -1.39. The fourth-order valence-corrected chi connectivity index (χ4v) is 2.41. The average Bonchev–Trinajstić information content (AvgIpc) is 2.80. The van der Waals surface area contributed by atoms with Gasteiger partial charge in [0.2, 0.25) is 0 Å². The Labute approximate surface area is 113 Å². The second-order valence-electron chi connectivity index (χ2n) is 5.23. The molecule has 19 heavy (non-hydrogen) atoms. The molecule has 1 saturated heterocycles. The van der Waals surface area contributed by atoms with Gasteiger partial charge in [-0.3, -0.25) is 4.98 Å². The molecule has 0 radical (unpaired) electrons. The van der Waals surface area contributed by atoms with Crippen LogP contribution in [0.5, 0.6) is 0 Å². The van der Waals surface area contributed by atoms with E-state index in [0.29, 0.717) is 6.61 Å². The Kier molecular flexibility index (Phi) is 3.53. The number of nitrogens with zero attached hydrogens (tertiary/aromatic N) is 1. The Morgan fingerprint density at radius 2 is 2.26 bits per heavy atom. The number of aromatic amines is 1. The van der Waals surface area contributed by atoms with Gasteiger partial charge < -0.3 is 14.5 Å². The summed E-state index contributed by atoms with van der Waals surface area (Å²) in [7, 11) is 0. The van der Waals surface area contributed by atoms with Crippen molar-refractivity contribution in [3.63, 3.8) is 0 Å². The van der Waals surface area contributed by atoms with Crippen LogP contribution in [0.2, 0.25) is 0 Å². The minimum absolute atomic E-state index is 0.0448. The molecule has 2 aromatic heterocycles. The molecule has 1 N–H and O–H groups in total. The predicted molar refractivity (Wildman–Crippen MR) is 73.9 cm³/mol. The Bertz CT molecular complexity index is 532. The third-order valence-corrected chi connectivity index (χ3v) is 3.66. The fourth-order valence-electron chi connectivity index (χ4n) is 2.41. The van der Waals surface area contributed by atoms with E-state index < -0.39 is 0 Å². The number of fused-ring (bicyclic) bond motifs is 1. The maximum absolute atomic E-state index is 5.78. The van der Waals surface area contributed by atoms with Gasteiger partial charge in [-0.2, -0.15) is 0 Å². The lowest BCUT2D eigenvalue weighted by Crippen LogP contribution is -2.22. The molecule has 0 aromatic carbocycles. The van der Waals surface area contributed by atoms with Crippen molar-refractivity contribution in [2.45, 2.75) is 46.0 Å². The van der Waals surface area contributed by atoms with Gasteiger partial charge >= 0.3 is 0 Å². The molecule has 0 aliphatic carbocycles. The van der Waals surface area contributed by atoms with Crippen molar-refractivity contribution >= 4 is 11.0 Å². The van der Waals surface area contributed by atoms with E-state index in [2.05, 4.69) is 29.0 Å². The molecule has 1 fully saturated rings. The number of rotatable bonds is 3. The molecule has 1 aliphatic rings. The molecule has 3 heterocycles. The normalized spacial score (nSPS) is 20.0. The highest BCUT2D eigenvalue weighted by Gasteiger charge is 2.14. The van der Waals surface area contributed by atoms with Crippen LogP contribution in [0.4, 0.5) is 0 Å². The van der Waals surface area contributed by atoms with Crippen LogP contribution in [0.3, 0.4) is 0 Å². The molecule has 3 rings (SSSR count). The van der Waals surface area contributed by atoms with Gasteiger partial charge in [-0.15, -0.1) is 0 Å². The van der Waals surface area contributed by atoms with Crippen molar-refractivity contribution in [2.75, 3.05) is 6.61 Å². The van der Waals surface area contributed by atoms with Gasteiger partial charge in [0, 0.05) is 18.0 Å². The summed E-state index contributed by atoms with van der Waals surface area (Å²) in [6, 6.07) is 4.20. The van der Waals surface area contributed by atoms with E-state index in [0.717, 1.165) is 41.9 Å². The van der Waals surface area contributed by atoms with E-state index >= 15 is 0 Å². The Morgan fingerprint density at radius 1 is 1.37 bits per heavy atom. The quantitative estimate of drug-likeness (QED) is 0.921. The molecule has 1 atom stereocenters. The van der Waals surface area contributed by atoms with E-state index in [-0.39, 0.29) is 6.29 Å². The maximum atomic E-state index is 5.78. The van der Waals surface area contributed by atoms with Crippen LogP contribution in [0.15, 0.2) is 12.1 Å². The van der Waals surface area contributed by atoms with E-state index in [1.165, 1.54) is 12.0 Å². The third kappa shape index (κ3) is 2.80. The van der Waals surface area contributed by atoms with Crippen molar-refractivity contribution in [3.8, 4) is 0 Å². The van der Waals surface area contributed by atoms with Crippen molar-refractivity contribution in [3.05, 3.63) is 29.1 Å². The zero-order valence-corrected chi connectivity index (χ0v) is 11.5. The van der Waals surface area contributed by atoms with Gasteiger partial charge in [-0.1, -0.05) is 0 Å². The number of pyridine rings is 1. The first kappa shape index (κ1) is 12.6. The first-order valence-corrected chi connectivity index (χ1v) is 6.91. The second-order valence-corrected chi connectivity index (χ2v) is 5.23. The molecule has 4 heteroatoms. The number of ether oxygens (including phenoxy) is 2. The van der Waals surface area contributed by atoms with Crippen molar-refractivity contribution in [2.24, 2.45) is 0 Å². The van der Waals surface area contributed by atoms with E-state index in [1.54, 1.807) is 0 Å². The summed E-state index contributed by atoms with van der Waals surface area (Å²) in [5.41, 5.74) is 5.42. The third-order valence-electron chi connectivity index (χ3n) is 3.66. The minimum atomic E-state index is -0.0448. The van der Waals surface area contributed by atoms with E-state index in [4.69, 9.17) is 9.47 Å². The molecule has 4 nitrogen and oxygen atoms in total. The van der Waals surface area contributed by atoms with Crippen LogP contribution >= 0.6 is 0 Å². The smallest absolute Gasteiger partial charge is 0.158 e. The van der Waals surface area contributed by atoms with Gasteiger partial charge in [0.25, 0.3) is 0 Å². The first-order valence-electron chi connectivity index (χ1n) is 6.91. The molecule has 1 unspecified atom stereocenters. The topological polar surface area (TPSA) is 47.1 Å². The van der Waals surface area contributed by atoms with Crippen LogP contribution in [0, 0.1) is 13.8 Å². The van der Waals surface area contributed by atoms with E-state index in [9.17, 15) is 0 Å². The van der Waals surface area contributed by atoms with Crippen LogP contribution in [-0.2, 0) is 16.1 Å². The zero-order valence-electron chi connectivity index (χ0n) is 11.5. The van der Waals surface area contributed by atoms with Crippen molar-refractivity contribution in [1.82, 2.24) is 9.97 Å². The largest absolute Gasteiger partial charge is 0.355 e. The number of aromatic nitrogens is 2. The number of nitrogens with one attached hydrogen (secondary N) is 1. The van der Waals surface area contributed by atoms with Gasteiger partial charge in [-0.25, -0.2) is 0 Å². The molecule has 102 valence electrons. The lowest BCUT2D eigenvalue weighted by Gasteiger charge is -2.22. The van der Waals surface area contributed by atoms with E-state index in [1.807, 2.05) is 6.92 Å². The zero-order chi connectivity index (χ0) is 13.2. The van der Waals surface area contributed by atoms with Gasteiger partial charge in [0.05, 0.1) is 17.6 Å². The first-order chi connectivity index (χ1) is 9.22. The lowest BCUT2D eigenvalue weighted by molar-refractivity contribution is -0.169. The summed E-state index contributed by atoms with van der Waals surface area (Å²) in [5, 5.41) is 0. The SMILES string of the molecule is Cc1cc2[nH]c(COC3CCCCO3)cc2nc1C. The summed E-state index contributed by atoms with van der Waals surface area (Å²) in [6.07, 6.45) is 3.29. The monoisotopic (exact) mass is 260 g/mol. The van der Waals surface area contributed by atoms with Crippen LogP contribution < -0.4 is 0 Å². The Morgan fingerprint density at radius 3 is 3.05 bits per heavy atom. The number of H-pyrrole nitrogens is 1. The molecule has 2 aromatic rings. The van der Waals surface area contributed by atoms with Gasteiger partial charge in [-0.05, 0) is 50.8 Å². The van der Waals surface area contributed by atoms with Crippen LogP contribution in [0.1, 0.15) is 36.2 Å². The molecule has 1 aliphatic heterocycles. The fraction of sp³-hybridized carbons (Fsp3) is 0.533. The highest BCUT2D eigenvalue weighted by molar-refractivity contribution is 5.77. The van der Waals surface area contributed by atoms with Crippen LogP contribution in [0.25, 0.3) is 11.0 Å². The molecular weight excluding hydrogens is 240 g/mol. The summed E-state index contributed by atoms with van der Waals surface area (Å²) in [5.74, 6) is 0. The standard InChI is InChI=1S/C15H20N2O2/c1-10-7-13-14(16-11(10)2)8-12(17-13)9-19-15-5-3-4-6-18-15/h7-8,15,17H,3-6,9H2,1-2H3. The maximum Gasteiger partial charge on any atom is 0.158 e. The number of hydrogen-bond acceptors (Lipinski definition) is 3. The van der Waals surface area contributed by atoms with Gasteiger partial charge in [0.15, 0.2) is 6.29 Å². The summed E-state index contributed by atoms with van der Waals surface area (Å²) in [6.45, 7) is 5.49. The highest BCUT2D eigenvalue weighted by atomic mass is 16.7. The second kappa shape index (κ2) is 5.31. The summed E-state index contributed by atoms with van der Waals surface area (Å²) < 4.78 is 11.3. The lowest BCUT2D eigenvalue weighted by atomic mass is 10.2. The Balaban J connectivity index is 1.70. The van der Waals surface area contributed by atoms with Crippen molar-refractivity contribution < 1.29 is 9.47 Å². The molecule has 0 bridgehead atoms. The number of hydrogen-bond donors (Lipinski definition) is 1. The van der Waals surface area contributed by atoms with Gasteiger partial charge in [0.1, 0.15) is 0 Å². The minimum Gasteiger partial charge on any atom is -0.355 e. The highest BCUT2D eigenvalue weighted by Crippen LogP contribution is 2.19. The molecule has 0 saturated carbocycles. The number of aryl methyl sites for hydroxylation is 2.